The average molecular weight is 378 g/mol. The number of rotatable bonds is 6. The molecule has 1 spiro atoms. The van der Waals surface area contributed by atoms with Crippen LogP contribution in [0.4, 0.5) is 0 Å². The van der Waals surface area contributed by atoms with Crippen molar-refractivity contribution in [2.75, 3.05) is 19.6 Å². The summed E-state index contributed by atoms with van der Waals surface area (Å²) in [5.41, 5.74) is 3.03. The van der Waals surface area contributed by atoms with Crippen molar-refractivity contribution in [2.45, 2.75) is 31.1 Å². The van der Waals surface area contributed by atoms with E-state index in [9.17, 15) is 4.79 Å². The highest BCUT2D eigenvalue weighted by atomic mass is 16.5. The minimum atomic E-state index is -0.0679. The van der Waals surface area contributed by atoms with Crippen molar-refractivity contribution >= 4 is 12.0 Å². The van der Waals surface area contributed by atoms with Gasteiger partial charge in [-0.05, 0) is 30.0 Å². The lowest BCUT2D eigenvalue weighted by atomic mass is 9.73. The molecule has 1 aromatic carbocycles. The number of furan rings is 1. The summed E-state index contributed by atoms with van der Waals surface area (Å²) in [5, 5.41) is 3.09. The molecule has 1 aromatic heterocycles. The van der Waals surface area contributed by atoms with E-state index < -0.39 is 0 Å². The first-order valence-electron chi connectivity index (χ1n) is 10.1. The molecule has 0 unspecified atom stereocenters. The fourth-order valence-corrected chi connectivity index (χ4v) is 5.46. The number of carbonyl (C=O) groups excluding carboxylic acids is 1. The van der Waals surface area contributed by atoms with Crippen LogP contribution in [0.5, 0.6) is 0 Å². The number of hydrogen-bond acceptors (Lipinski definition) is 4. The first-order chi connectivity index (χ1) is 13.7. The van der Waals surface area contributed by atoms with Crippen molar-refractivity contribution in [3.8, 4) is 0 Å². The van der Waals surface area contributed by atoms with E-state index in [1.165, 1.54) is 18.1 Å². The van der Waals surface area contributed by atoms with Gasteiger partial charge in [-0.15, -0.1) is 0 Å². The lowest BCUT2D eigenvalue weighted by molar-refractivity contribution is 0.00212. The largest absolute Gasteiger partial charge is 0.472 e. The van der Waals surface area contributed by atoms with Crippen molar-refractivity contribution in [3.63, 3.8) is 0 Å². The Kier molecular flexibility index (Phi) is 4.37. The first-order valence-corrected chi connectivity index (χ1v) is 10.1. The zero-order valence-corrected chi connectivity index (χ0v) is 16.0. The molecule has 2 bridgehead atoms. The third kappa shape index (κ3) is 2.99. The van der Waals surface area contributed by atoms with Crippen LogP contribution in [0.3, 0.4) is 0 Å². The number of ether oxygens (including phenoxy) is 1. The summed E-state index contributed by atoms with van der Waals surface area (Å²) in [4.78, 5) is 14.8. The number of carbonyl (C=O) groups is 1. The van der Waals surface area contributed by atoms with Gasteiger partial charge in [-0.2, -0.15) is 0 Å². The van der Waals surface area contributed by atoms with E-state index in [0.29, 0.717) is 23.9 Å². The van der Waals surface area contributed by atoms with Crippen molar-refractivity contribution in [1.82, 2.24) is 10.2 Å². The summed E-state index contributed by atoms with van der Waals surface area (Å²) in [6.45, 7) is 7.48. The van der Waals surface area contributed by atoms with Crippen LogP contribution in [0, 0.1) is 11.8 Å². The molecule has 146 valence electrons. The lowest BCUT2D eigenvalue weighted by Gasteiger charge is -2.29. The molecule has 0 aliphatic carbocycles. The lowest BCUT2D eigenvalue weighted by Crippen LogP contribution is -2.41. The monoisotopic (exact) mass is 378 g/mol. The Hall–Kier alpha value is -2.37. The van der Waals surface area contributed by atoms with Gasteiger partial charge in [0.2, 0.25) is 0 Å². The van der Waals surface area contributed by atoms with Crippen molar-refractivity contribution in [1.29, 1.82) is 0 Å². The molecule has 4 heterocycles. The summed E-state index contributed by atoms with van der Waals surface area (Å²) in [5.74, 6) is 0.800. The minimum Gasteiger partial charge on any atom is -0.472 e. The second-order valence-electron chi connectivity index (χ2n) is 8.37. The molecular weight excluding hydrogens is 352 g/mol. The highest BCUT2D eigenvalue weighted by Crippen LogP contribution is 2.54. The van der Waals surface area contributed by atoms with E-state index in [0.717, 1.165) is 38.0 Å². The van der Waals surface area contributed by atoms with Crippen LogP contribution in [0.25, 0.3) is 6.08 Å². The van der Waals surface area contributed by atoms with Gasteiger partial charge in [-0.25, -0.2) is 0 Å². The summed E-state index contributed by atoms with van der Waals surface area (Å²) in [6, 6.07) is 10.3. The molecule has 4 atom stereocenters. The Balaban J connectivity index is 1.25. The van der Waals surface area contributed by atoms with E-state index in [1.807, 2.05) is 6.08 Å². The topological polar surface area (TPSA) is 54.7 Å². The zero-order valence-electron chi connectivity index (χ0n) is 16.0. The molecule has 2 aromatic rings. The molecule has 5 nitrogen and oxygen atoms in total. The second kappa shape index (κ2) is 6.90. The van der Waals surface area contributed by atoms with Gasteiger partial charge < -0.3 is 14.5 Å². The van der Waals surface area contributed by atoms with Crippen LogP contribution in [0.2, 0.25) is 0 Å². The number of amides is 1. The van der Waals surface area contributed by atoms with Crippen LogP contribution in [-0.4, -0.2) is 42.1 Å². The van der Waals surface area contributed by atoms with Crippen molar-refractivity contribution in [3.05, 3.63) is 66.1 Å². The Morgan fingerprint density at radius 3 is 3.14 bits per heavy atom. The molecule has 1 amide bonds. The zero-order chi connectivity index (χ0) is 19.1. The van der Waals surface area contributed by atoms with Gasteiger partial charge in [0.25, 0.3) is 5.91 Å². The van der Waals surface area contributed by atoms with Crippen LogP contribution < -0.4 is 5.32 Å². The van der Waals surface area contributed by atoms with Crippen molar-refractivity contribution < 1.29 is 13.9 Å². The maximum absolute atomic E-state index is 12.3. The van der Waals surface area contributed by atoms with E-state index in [2.05, 4.69) is 41.1 Å². The van der Waals surface area contributed by atoms with Crippen molar-refractivity contribution in [2.24, 2.45) is 11.8 Å². The van der Waals surface area contributed by atoms with Gasteiger partial charge in [0, 0.05) is 38.0 Å². The molecule has 0 radical (unpaired) electrons. The number of likely N-dealkylation sites (tertiary alicyclic amines) is 1. The third-order valence-corrected chi connectivity index (χ3v) is 6.73. The summed E-state index contributed by atoms with van der Waals surface area (Å²) in [7, 11) is 0. The number of benzene rings is 1. The predicted molar refractivity (Wildman–Crippen MR) is 107 cm³/mol. The Bertz CT molecular complexity index is 878. The maximum Gasteiger partial charge on any atom is 0.254 e. The molecule has 5 heteroatoms. The van der Waals surface area contributed by atoms with E-state index in [1.54, 1.807) is 6.07 Å². The Morgan fingerprint density at radius 1 is 1.39 bits per heavy atom. The Labute approximate surface area is 165 Å². The van der Waals surface area contributed by atoms with Gasteiger partial charge in [-0.1, -0.05) is 36.9 Å². The maximum atomic E-state index is 12.3. The second-order valence-corrected chi connectivity index (χ2v) is 8.37. The summed E-state index contributed by atoms with van der Waals surface area (Å²) >= 11 is 0. The van der Waals surface area contributed by atoms with Crippen LogP contribution in [-0.2, 0) is 11.3 Å². The number of fused-ring (bicyclic) bond motifs is 1. The Morgan fingerprint density at radius 2 is 2.32 bits per heavy atom. The fourth-order valence-electron chi connectivity index (χ4n) is 5.46. The van der Waals surface area contributed by atoms with Gasteiger partial charge >= 0.3 is 0 Å². The molecule has 5 rings (SSSR count). The SMILES string of the molecule is C=Cc1cccc(CN2C[C@@H]3[C@H](CNC(=O)c4ccoc4)[C@H]4CC[C@]3(C2)O4)c1. The third-order valence-electron chi connectivity index (χ3n) is 6.73. The number of nitrogens with zero attached hydrogens (tertiary/aromatic N) is 1. The quantitative estimate of drug-likeness (QED) is 0.838. The molecule has 3 aliphatic heterocycles. The highest BCUT2D eigenvalue weighted by molar-refractivity contribution is 5.93. The van der Waals surface area contributed by atoms with Crippen LogP contribution >= 0.6 is 0 Å². The van der Waals surface area contributed by atoms with Gasteiger partial charge in [-0.3, -0.25) is 9.69 Å². The summed E-state index contributed by atoms with van der Waals surface area (Å²) in [6.07, 6.45) is 7.43. The van der Waals surface area contributed by atoms with Gasteiger partial charge in [0.05, 0.1) is 23.5 Å². The highest BCUT2D eigenvalue weighted by Gasteiger charge is 2.62. The first kappa shape index (κ1) is 17.7. The molecule has 3 fully saturated rings. The smallest absolute Gasteiger partial charge is 0.254 e. The van der Waals surface area contributed by atoms with Gasteiger partial charge in [0.15, 0.2) is 0 Å². The molecule has 3 saturated heterocycles. The normalized spacial score (nSPS) is 31.1. The van der Waals surface area contributed by atoms with Gasteiger partial charge in [0.1, 0.15) is 6.26 Å². The number of hydrogen-bond donors (Lipinski definition) is 1. The minimum absolute atomic E-state index is 0.0221. The predicted octanol–water partition coefficient (Wildman–Crippen LogP) is 3.33. The average Bonchev–Trinajstić information content (AvgIpc) is 3.47. The fraction of sp³-hybridized carbons (Fsp3) is 0.435. The molecule has 1 N–H and O–H groups in total. The van der Waals surface area contributed by atoms with E-state index >= 15 is 0 Å². The molecule has 3 aliphatic rings. The standard InChI is InChI=1S/C23H26N2O3/c1-2-16-4-3-5-17(10-16)12-25-13-20-19(21-6-8-23(20,15-25)28-21)11-24-22(26)18-7-9-27-14-18/h2-5,7,9-10,14,19-21H,1,6,8,11-13,15H2,(H,24,26)/t19-,20+,21+,23+/m0/s1. The van der Waals surface area contributed by atoms with E-state index in [-0.39, 0.29) is 17.6 Å². The molecule has 28 heavy (non-hydrogen) atoms. The molecule has 0 saturated carbocycles. The number of nitrogens with one attached hydrogen (secondary N) is 1. The van der Waals surface area contributed by atoms with Crippen LogP contribution in [0.15, 0.2) is 53.9 Å². The summed E-state index contributed by atoms with van der Waals surface area (Å²) < 4.78 is 11.5. The van der Waals surface area contributed by atoms with E-state index in [4.69, 9.17) is 9.15 Å². The molecular formula is C23H26N2O3. The van der Waals surface area contributed by atoms with Crippen LogP contribution in [0.1, 0.15) is 34.3 Å².